The number of carboxylic acids is 1. The fourth-order valence-electron chi connectivity index (χ4n) is 1.20. The molecule has 88 valence electrons. The number of carboxylic acid groups (broad SMARTS) is 1. The molecule has 1 N–H and O–H groups in total. The van der Waals surface area contributed by atoms with E-state index in [1.165, 1.54) is 6.07 Å². The molecule has 0 unspecified atom stereocenters. The zero-order chi connectivity index (χ0) is 12.1. The first-order valence-electron chi connectivity index (χ1n) is 4.44. The smallest absolute Gasteiger partial charge is 0.387 e. The summed E-state index contributed by atoms with van der Waals surface area (Å²) in [4.78, 5) is 10.4. The molecule has 0 bridgehead atoms. The Morgan fingerprint density at radius 1 is 1.50 bits per heavy atom. The van der Waals surface area contributed by atoms with Crippen LogP contribution in [0.1, 0.15) is 12.0 Å². The molecule has 1 aromatic carbocycles. The van der Waals surface area contributed by atoms with Crippen molar-refractivity contribution in [3.05, 3.63) is 27.3 Å². The van der Waals surface area contributed by atoms with E-state index < -0.39 is 12.6 Å². The van der Waals surface area contributed by atoms with Crippen molar-refractivity contribution in [3.8, 4) is 5.75 Å². The minimum Gasteiger partial charge on any atom is -0.481 e. The van der Waals surface area contributed by atoms with E-state index in [9.17, 15) is 13.6 Å². The number of carbonyl (C=O) groups is 1. The highest BCUT2D eigenvalue weighted by molar-refractivity contribution is 14.1. The lowest BCUT2D eigenvalue weighted by molar-refractivity contribution is -0.136. The van der Waals surface area contributed by atoms with Gasteiger partial charge in [0.1, 0.15) is 5.75 Å². The Kier molecular flexibility index (Phi) is 4.91. The Morgan fingerprint density at radius 3 is 2.75 bits per heavy atom. The van der Waals surface area contributed by atoms with Crippen LogP contribution < -0.4 is 4.74 Å². The third-order valence-electron chi connectivity index (χ3n) is 1.85. The van der Waals surface area contributed by atoms with Crippen LogP contribution in [0.2, 0.25) is 0 Å². The van der Waals surface area contributed by atoms with Crippen LogP contribution in [0, 0.1) is 3.57 Å². The van der Waals surface area contributed by atoms with Crippen LogP contribution >= 0.6 is 22.6 Å². The molecule has 0 heterocycles. The summed E-state index contributed by atoms with van der Waals surface area (Å²) >= 11 is 2.02. The molecule has 0 spiro atoms. The zero-order valence-corrected chi connectivity index (χ0v) is 10.3. The fourth-order valence-corrected chi connectivity index (χ4v) is 1.75. The molecule has 0 aliphatic rings. The second-order valence-electron chi connectivity index (χ2n) is 3.02. The molecule has 0 saturated carbocycles. The van der Waals surface area contributed by atoms with Crippen molar-refractivity contribution < 1.29 is 23.4 Å². The molecular weight excluding hydrogens is 333 g/mol. The normalized spacial score (nSPS) is 10.5. The van der Waals surface area contributed by atoms with Crippen molar-refractivity contribution in [2.45, 2.75) is 19.5 Å². The molecule has 0 aromatic heterocycles. The number of hydrogen-bond acceptors (Lipinski definition) is 2. The van der Waals surface area contributed by atoms with Crippen molar-refractivity contribution in [2.75, 3.05) is 0 Å². The summed E-state index contributed by atoms with van der Waals surface area (Å²) in [6.45, 7) is -2.90. The number of halogens is 3. The molecule has 3 nitrogen and oxygen atoms in total. The standard InChI is InChI=1S/C10H9F2IO3/c11-10(12)16-8-3-2-7(13)5-6(8)1-4-9(14)15/h2-3,5,10H,1,4H2,(H,14,15). The third-order valence-corrected chi connectivity index (χ3v) is 2.52. The van der Waals surface area contributed by atoms with Gasteiger partial charge in [-0.25, -0.2) is 0 Å². The van der Waals surface area contributed by atoms with Crippen molar-refractivity contribution in [1.29, 1.82) is 0 Å². The van der Waals surface area contributed by atoms with Crippen molar-refractivity contribution in [1.82, 2.24) is 0 Å². The summed E-state index contributed by atoms with van der Waals surface area (Å²) in [6, 6.07) is 4.69. The van der Waals surface area contributed by atoms with Gasteiger partial charge in [-0.05, 0) is 52.8 Å². The molecule has 1 aromatic rings. The van der Waals surface area contributed by atoms with E-state index in [2.05, 4.69) is 4.74 Å². The van der Waals surface area contributed by atoms with Gasteiger partial charge in [0.05, 0.1) is 0 Å². The largest absolute Gasteiger partial charge is 0.481 e. The summed E-state index contributed by atoms with van der Waals surface area (Å²) in [5.74, 6) is -0.932. The first kappa shape index (κ1) is 13.1. The average Bonchev–Trinajstić information content (AvgIpc) is 2.17. The maximum absolute atomic E-state index is 12.1. The van der Waals surface area contributed by atoms with Gasteiger partial charge in [0.2, 0.25) is 0 Å². The van der Waals surface area contributed by atoms with Crippen molar-refractivity contribution >= 4 is 28.6 Å². The van der Waals surface area contributed by atoms with E-state index >= 15 is 0 Å². The Balaban J connectivity index is 2.84. The van der Waals surface area contributed by atoms with E-state index in [-0.39, 0.29) is 18.6 Å². The van der Waals surface area contributed by atoms with Crippen LogP contribution in [0.3, 0.4) is 0 Å². The number of ether oxygens (including phenoxy) is 1. The molecular formula is C10H9F2IO3. The average molecular weight is 342 g/mol. The van der Waals surface area contributed by atoms with Gasteiger partial charge >= 0.3 is 12.6 Å². The van der Waals surface area contributed by atoms with E-state index in [4.69, 9.17) is 5.11 Å². The first-order valence-corrected chi connectivity index (χ1v) is 5.52. The number of rotatable bonds is 5. The van der Waals surface area contributed by atoms with Crippen LogP contribution in [-0.4, -0.2) is 17.7 Å². The minimum atomic E-state index is -2.90. The van der Waals surface area contributed by atoms with Crippen LogP contribution in [0.15, 0.2) is 18.2 Å². The van der Waals surface area contributed by atoms with E-state index in [0.717, 1.165) is 3.57 Å². The van der Waals surface area contributed by atoms with Crippen LogP contribution in [0.4, 0.5) is 8.78 Å². The highest BCUT2D eigenvalue weighted by Gasteiger charge is 2.11. The van der Waals surface area contributed by atoms with Crippen molar-refractivity contribution in [2.24, 2.45) is 0 Å². The van der Waals surface area contributed by atoms with Gasteiger partial charge < -0.3 is 9.84 Å². The lowest BCUT2D eigenvalue weighted by Crippen LogP contribution is -2.06. The topological polar surface area (TPSA) is 46.5 Å². The molecule has 6 heteroatoms. The van der Waals surface area contributed by atoms with Gasteiger partial charge in [-0.1, -0.05) is 0 Å². The minimum absolute atomic E-state index is 0.0386. The van der Waals surface area contributed by atoms with Crippen molar-refractivity contribution in [3.63, 3.8) is 0 Å². The Labute approximate surface area is 105 Å². The maximum Gasteiger partial charge on any atom is 0.387 e. The summed E-state index contributed by atoms with van der Waals surface area (Å²) in [7, 11) is 0. The summed E-state index contributed by atoms with van der Waals surface area (Å²) < 4.78 is 29.3. The monoisotopic (exact) mass is 342 g/mol. The molecule has 0 saturated heterocycles. The summed E-state index contributed by atoms with van der Waals surface area (Å²) in [6.07, 6.45) is 0.0634. The Morgan fingerprint density at radius 2 is 2.19 bits per heavy atom. The maximum atomic E-state index is 12.1. The molecule has 0 amide bonds. The Bertz CT molecular complexity index is 382. The van der Waals surface area contributed by atoms with E-state index in [0.29, 0.717) is 5.56 Å². The number of benzene rings is 1. The molecule has 16 heavy (non-hydrogen) atoms. The molecule has 0 aliphatic carbocycles. The second kappa shape index (κ2) is 5.97. The quantitative estimate of drug-likeness (QED) is 0.837. The SMILES string of the molecule is O=C(O)CCc1cc(I)ccc1OC(F)F. The van der Waals surface area contributed by atoms with Gasteiger partial charge in [0.15, 0.2) is 0 Å². The van der Waals surface area contributed by atoms with Crippen LogP contribution in [-0.2, 0) is 11.2 Å². The van der Waals surface area contributed by atoms with Crippen LogP contribution in [0.5, 0.6) is 5.75 Å². The predicted molar refractivity (Wildman–Crippen MR) is 61.7 cm³/mol. The molecule has 1 rings (SSSR count). The van der Waals surface area contributed by atoms with Gasteiger partial charge in [0.25, 0.3) is 0 Å². The van der Waals surface area contributed by atoms with Crippen LogP contribution in [0.25, 0.3) is 0 Å². The lowest BCUT2D eigenvalue weighted by Gasteiger charge is -2.10. The predicted octanol–water partition coefficient (Wildman–Crippen LogP) is 2.91. The summed E-state index contributed by atoms with van der Waals surface area (Å²) in [5.41, 5.74) is 0.481. The van der Waals surface area contributed by atoms with E-state index in [1.807, 2.05) is 22.6 Å². The first-order chi connectivity index (χ1) is 7.49. The molecule has 0 atom stereocenters. The number of aryl methyl sites for hydroxylation is 1. The van der Waals surface area contributed by atoms with Gasteiger partial charge in [-0.15, -0.1) is 0 Å². The molecule has 0 aliphatic heterocycles. The second-order valence-corrected chi connectivity index (χ2v) is 4.27. The lowest BCUT2D eigenvalue weighted by atomic mass is 10.1. The number of aliphatic carboxylic acids is 1. The highest BCUT2D eigenvalue weighted by atomic mass is 127. The molecule has 0 fully saturated rings. The summed E-state index contributed by atoms with van der Waals surface area (Å²) in [5, 5.41) is 8.53. The number of hydrogen-bond donors (Lipinski definition) is 1. The molecule has 0 radical (unpaired) electrons. The van der Waals surface area contributed by atoms with Gasteiger partial charge in [-0.3, -0.25) is 4.79 Å². The number of alkyl halides is 2. The third kappa shape index (κ3) is 4.30. The zero-order valence-electron chi connectivity index (χ0n) is 8.12. The highest BCUT2D eigenvalue weighted by Crippen LogP contribution is 2.24. The fraction of sp³-hybridized carbons (Fsp3) is 0.300. The Hall–Kier alpha value is -0.920. The van der Waals surface area contributed by atoms with E-state index in [1.54, 1.807) is 12.1 Å². The van der Waals surface area contributed by atoms with Gasteiger partial charge in [0, 0.05) is 9.99 Å². The van der Waals surface area contributed by atoms with Gasteiger partial charge in [-0.2, -0.15) is 8.78 Å².